The van der Waals surface area contributed by atoms with Crippen LogP contribution in [0.3, 0.4) is 0 Å². The van der Waals surface area contributed by atoms with E-state index >= 15 is 0 Å². The number of methoxy groups -OCH3 is 1. The van der Waals surface area contributed by atoms with Gasteiger partial charge in [-0.3, -0.25) is 4.90 Å². The maximum Gasteiger partial charge on any atom is 0.191 e. The van der Waals surface area contributed by atoms with Crippen LogP contribution in [-0.2, 0) is 17.0 Å². The van der Waals surface area contributed by atoms with Gasteiger partial charge in [0, 0.05) is 45.1 Å². The highest BCUT2D eigenvalue weighted by Crippen LogP contribution is 2.26. The third-order valence-corrected chi connectivity index (χ3v) is 5.16. The standard InChI is InChI=1S/C20H33FN4OS.HI/c1-4-22-20(23-9-10-25(11-12-26-2)19-7-8-19)24-14-16-5-6-18(21)13-17(16)15-27-3;/h5-6,13,19H,4,7-12,14-15H2,1-3H3,(H2,22,23,24);1H. The minimum absolute atomic E-state index is 0. The quantitative estimate of drug-likeness (QED) is 0.249. The van der Waals surface area contributed by atoms with E-state index in [9.17, 15) is 4.39 Å². The molecule has 28 heavy (non-hydrogen) atoms. The lowest BCUT2D eigenvalue weighted by atomic mass is 10.1. The molecule has 2 N–H and O–H groups in total. The molecular weight excluding hydrogens is 490 g/mol. The third kappa shape index (κ3) is 9.28. The molecule has 0 spiro atoms. The number of guanidine groups is 1. The molecule has 0 bridgehead atoms. The van der Waals surface area contributed by atoms with Gasteiger partial charge in [0.25, 0.3) is 0 Å². The average molecular weight is 524 g/mol. The highest BCUT2D eigenvalue weighted by Gasteiger charge is 2.28. The number of hydrogen-bond acceptors (Lipinski definition) is 4. The number of nitrogens with one attached hydrogen (secondary N) is 2. The number of benzene rings is 1. The van der Waals surface area contributed by atoms with Crippen molar-refractivity contribution >= 4 is 41.7 Å². The maximum atomic E-state index is 13.5. The Bertz CT molecular complexity index is 602. The molecule has 2 rings (SSSR count). The highest BCUT2D eigenvalue weighted by atomic mass is 127. The molecule has 1 aromatic carbocycles. The monoisotopic (exact) mass is 524 g/mol. The molecule has 0 atom stereocenters. The molecule has 1 aromatic rings. The summed E-state index contributed by atoms with van der Waals surface area (Å²) in [7, 11) is 1.75. The van der Waals surface area contributed by atoms with E-state index < -0.39 is 0 Å². The Labute approximate surface area is 190 Å². The molecular formula is C20H34FIN4OS. The van der Waals surface area contributed by atoms with Gasteiger partial charge in [-0.25, -0.2) is 9.38 Å². The van der Waals surface area contributed by atoms with E-state index in [4.69, 9.17) is 9.73 Å². The second-order valence-electron chi connectivity index (χ2n) is 6.73. The van der Waals surface area contributed by atoms with Crippen molar-refractivity contribution < 1.29 is 9.13 Å². The van der Waals surface area contributed by atoms with Crippen molar-refractivity contribution in [2.45, 2.75) is 38.1 Å². The number of rotatable bonds is 12. The van der Waals surface area contributed by atoms with Gasteiger partial charge in [-0.15, -0.1) is 24.0 Å². The Morgan fingerprint density at radius 2 is 2.07 bits per heavy atom. The molecule has 5 nitrogen and oxygen atoms in total. The van der Waals surface area contributed by atoms with Crippen LogP contribution in [0.2, 0.25) is 0 Å². The largest absolute Gasteiger partial charge is 0.383 e. The summed E-state index contributed by atoms with van der Waals surface area (Å²) in [6, 6.07) is 5.69. The molecule has 8 heteroatoms. The normalized spacial score (nSPS) is 14.1. The van der Waals surface area contributed by atoms with E-state index in [1.807, 2.05) is 12.3 Å². The molecule has 0 radical (unpaired) electrons. The fourth-order valence-electron chi connectivity index (χ4n) is 2.99. The third-order valence-electron chi connectivity index (χ3n) is 4.56. The van der Waals surface area contributed by atoms with Crippen LogP contribution in [0.25, 0.3) is 0 Å². The van der Waals surface area contributed by atoms with E-state index in [1.165, 1.54) is 18.9 Å². The second kappa shape index (κ2) is 14.4. The average Bonchev–Trinajstić information content (AvgIpc) is 3.49. The Morgan fingerprint density at radius 3 is 2.71 bits per heavy atom. The van der Waals surface area contributed by atoms with Gasteiger partial charge in [0.1, 0.15) is 5.82 Å². The fraction of sp³-hybridized carbons (Fsp3) is 0.650. The Morgan fingerprint density at radius 1 is 1.29 bits per heavy atom. The van der Waals surface area contributed by atoms with Gasteiger partial charge < -0.3 is 15.4 Å². The van der Waals surface area contributed by atoms with Crippen LogP contribution >= 0.6 is 35.7 Å². The zero-order valence-corrected chi connectivity index (χ0v) is 20.3. The smallest absolute Gasteiger partial charge is 0.191 e. The van der Waals surface area contributed by atoms with Gasteiger partial charge in [0.15, 0.2) is 5.96 Å². The molecule has 0 unspecified atom stereocenters. The van der Waals surface area contributed by atoms with Crippen LogP contribution in [0, 0.1) is 5.82 Å². The summed E-state index contributed by atoms with van der Waals surface area (Å²) in [5, 5.41) is 6.71. The maximum absolute atomic E-state index is 13.5. The van der Waals surface area contributed by atoms with E-state index in [0.29, 0.717) is 6.54 Å². The lowest BCUT2D eigenvalue weighted by Crippen LogP contribution is -2.42. The number of halogens is 2. The summed E-state index contributed by atoms with van der Waals surface area (Å²) in [5.41, 5.74) is 2.09. The van der Waals surface area contributed by atoms with E-state index in [2.05, 4.69) is 22.5 Å². The topological polar surface area (TPSA) is 48.9 Å². The minimum Gasteiger partial charge on any atom is -0.383 e. The van der Waals surface area contributed by atoms with Crippen LogP contribution in [0.1, 0.15) is 30.9 Å². The molecule has 1 fully saturated rings. The zero-order valence-electron chi connectivity index (χ0n) is 17.2. The van der Waals surface area contributed by atoms with Crippen molar-refractivity contribution in [2.75, 3.05) is 46.2 Å². The van der Waals surface area contributed by atoms with Gasteiger partial charge >= 0.3 is 0 Å². The predicted molar refractivity (Wildman–Crippen MR) is 128 cm³/mol. The molecule has 1 aliphatic carbocycles. The number of ether oxygens (including phenoxy) is 1. The van der Waals surface area contributed by atoms with Crippen molar-refractivity contribution in [2.24, 2.45) is 4.99 Å². The molecule has 160 valence electrons. The van der Waals surface area contributed by atoms with E-state index in [1.54, 1.807) is 24.9 Å². The van der Waals surface area contributed by atoms with Crippen molar-refractivity contribution in [3.8, 4) is 0 Å². The molecule has 1 saturated carbocycles. The Hall–Kier alpha value is -0.580. The molecule has 0 aliphatic heterocycles. The minimum atomic E-state index is -0.187. The van der Waals surface area contributed by atoms with Crippen LogP contribution < -0.4 is 10.6 Å². The van der Waals surface area contributed by atoms with E-state index in [-0.39, 0.29) is 29.8 Å². The summed E-state index contributed by atoms with van der Waals surface area (Å²) in [4.78, 5) is 7.18. The molecule has 0 aromatic heterocycles. The first-order valence-corrected chi connectivity index (χ1v) is 11.1. The van der Waals surface area contributed by atoms with Crippen LogP contribution in [-0.4, -0.2) is 63.1 Å². The van der Waals surface area contributed by atoms with Gasteiger partial charge in [-0.05, 0) is 49.3 Å². The predicted octanol–water partition coefficient (Wildman–Crippen LogP) is 3.47. The summed E-state index contributed by atoms with van der Waals surface area (Å²) in [5.74, 6) is 1.41. The second-order valence-corrected chi connectivity index (χ2v) is 7.59. The summed E-state index contributed by atoms with van der Waals surface area (Å²) < 4.78 is 18.7. The molecule has 0 heterocycles. The summed E-state index contributed by atoms with van der Waals surface area (Å²) >= 11 is 1.69. The van der Waals surface area contributed by atoms with Crippen LogP contribution in [0.4, 0.5) is 4.39 Å². The Balaban J connectivity index is 0.00000392. The first kappa shape index (κ1) is 25.5. The summed E-state index contributed by atoms with van der Waals surface area (Å²) in [6.07, 6.45) is 4.61. The van der Waals surface area contributed by atoms with Crippen LogP contribution in [0.15, 0.2) is 23.2 Å². The summed E-state index contributed by atoms with van der Waals surface area (Å²) in [6.45, 7) is 6.98. The lowest BCUT2D eigenvalue weighted by Gasteiger charge is -2.22. The van der Waals surface area contributed by atoms with Gasteiger partial charge in [-0.2, -0.15) is 11.8 Å². The highest BCUT2D eigenvalue weighted by molar-refractivity contribution is 14.0. The van der Waals surface area contributed by atoms with Crippen molar-refractivity contribution in [3.63, 3.8) is 0 Å². The van der Waals surface area contributed by atoms with E-state index in [0.717, 1.165) is 61.7 Å². The van der Waals surface area contributed by atoms with Gasteiger partial charge in [-0.1, -0.05) is 6.07 Å². The van der Waals surface area contributed by atoms with Gasteiger partial charge in [0.05, 0.1) is 13.2 Å². The first-order chi connectivity index (χ1) is 13.2. The van der Waals surface area contributed by atoms with Gasteiger partial charge in [0.2, 0.25) is 0 Å². The molecule has 0 amide bonds. The lowest BCUT2D eigenvalue weighted by molar-refractivity contribution is 0.144. The van der Waals surface area contributed by atoms with Crippen molar-refractivity contribution in [1.82, 2.24) is 15.5 Å². The van der Waals surface area contributed by atoms with Crippen molar-refractivity contribution in [1.29, 1.82) is 0 Å². The first-order valence-electron chi connectivity index (χ1n) is 9.69. The fourth-order valence-corrected chi connectivity index (χ4v) is 3.57. The number of hydrogen-bond donors (Lipinski definition) is 2. The Kier molecular flexibility index (Phi) is 13.1. The number of aliphatic imine (C=N–C) groups is 1. The molecule has 1 aliphatic rings. The van der Waals surface area contributed by atoms with Crippen LogP contribution in [0.5, 0.6) is 0 Å². The van der Waals surface area contributed by atoms with Crippen molar-refractivity contribution in [3.05, 3.63) is 35.1 Å². The number of thioether (sulfide) groups is 1. The zero-order chi connectivity index (χ0) is 19.5. The number of nitrogens with zero attached hydrogens (tertiary/aromatic N) is 2. The molecule has 0 saturated heterocycles. The SMILES string of the molecule is CCNC(=NCc1ccc(F)cc1CSC)NCCN(CCOC)C1CC1.I.